The molecule has 40 heavy (non-hydrogen) atoms. The van der Waals surface area contributed by atoms with Crippen molar-refractivity contribution in [1.82, 2.24) is 16.1 Å². The number of nitrogens with one attached hydrogen (secondary N) is 3. The molecule has 2 aromatic rings. The highest BCUT2D eigenvalue weighted by molar-refractivity contribution is 5.95. The van der Waals surface area contributed by atoms with Gasteiger partial charge in [-0.15, -0.1) is 0 Å². The standard InChI is InChI=1S/C25H27N5O10/c1-13-22(24(32)39-5)23(28-25(33)27-13)14-6-7-17(18(8-14)36-2)40-12-21(31)29-26-11-15-9-19(37-3)20(38-4)10-16(15)30(34)35/h6-11,23H,12H2,1-5H3,(H,29,31)(H2,27,28,33)/t23-/m1/s1. The summed E-state index contributed by atoms with van der Waals surface area (Å²) in [5, 5.41) is 20.4. The van der Waals surface area contributed by atoms with Crippen LogP contribution in [-0.4, -0.2) is 64.1 Å². The maximum absolute atomic E-state index is 12.3. The molecule has 0 unspecified atom stereocenters. The number of nitro groups is 1. The molecule has 0 spiro atoms. The predicted molar refractivity (Wildman–Crippen MR) is 140 cm³/mol. The summed E-state index contributed by atoms with van der Waals surface area (Å²) in [6, 6.07) is 5.87. The van der Waals surface area contributed by atoms with Crippen LogP contribution in [0.25, 0.3) is 0 Å². The summed E-state index contributed by atoms with van der Waals surface area (Å²) in [6.45, 7) is 1.11. The second kappa shape index (κ2) is 12.9. The zero-order valence-electron chi connectivity index (χ0n) is 22.2. The molecule has 3 amide bonds. The minimum absolute atomic E-state index is 0.0711. The van der Waals surface area contributed by atoms with E-state index in [1.807, 2.05) is 0 Å². The molecule has 1 aliphatic heterocycles. The van der Waals surface area contributed by atoms with E-state index in [4.69, 9.17) is 23.7 Å². The Morgan fingerprint density at radius 1 is 1.05 bits per heavy atom. The number of hydrogen-bond donors (Lipinski definition) is 3. The fourth-order valence-electron chi connectivity index (χ4n) is 3.80. The highest BCUT2D eigenvalue weighted by atomic mass is 16.6. The third-order valence-electron chi connectivity index (χ3n) is 5.68. The zero-order chi connectivity index (χ0) is 29.4. The SMILES string of the molecule is COC(=O)C1=C(C)NC(=O)N[C@@H]1c1ccc(OCC(=O)NN=Cc2cc(OC)c(OC)cc2[N+](=O)[O-])c(OC)c1. The summed E-state index contributed by atoms with van der Waals surface area (Å²) in [6.07, 6.45) is 1.09. The Morgan fingerprint density at radius 2 is 1.70 bits per heavy atom. The van der Waals surface area contributed by atoms with Crippen molar-refractivity contribution in [2.45, 2.75) is 13.0 Å². The molecule has 0 aromatic heterocycles. The van der Waals surface area contributed by atoms with Crippen molar-refractivity contribution in [1.29, 1.82) is 0 Å². The number of ether oxygens (including phenoxy) is 5. The van der Waals surface area contributed by atoms with Gasteiger partial charge in [0.25, 0.3) is 11.6 Å². The Balaban J connectivity index is 1.71. The first kappa shape index (κ1) is 29.2. The molecule has 1 aliphatic rings. The van der Waals surface area contributed by atoms with Crippen LogP contribution < -0.4 is 35.0 Å². The number of rotatable bonds is 11. The van der Waals surface area contributed by atoms with E-state index in [-0.39, 0.29) is 39.8 Å². The van der Waals surface area contributed by atoms with Gasteiger partial charge in [0.15, 0.2) is 29.6 Å². The normalized spacial score (nSPS) is 14.6. The van der Waals surface area contributed by atoms with Gasteiger partial charge in [-0.05, 0) is 30.7 Å². The van der Waals surface area contributed by atoms with Crippen molar-refractivity contribution in [2.24, 2.45) is 5.10 Å². The van der Waals surface area contributed by atoms with Gasteiger partial charge in [0.2, 0.25) is 0 Å². The first-order chi connectivity index (χ1) is 19.1. The quantitative estimate of drug-likeness (QED) is 0.159. The number of nitro benzene ring substituents is 1. The molecule has 212 valence electrons. The summed E-state index contributed by atoms with van der Waals surface area (Å²) >= 11 is 0. The molecule has 2 aromatic carbocycles. The maximum Gasteiger partial charge on any atom is 0.337 e. The monoisotopic (exact) mass is 557 g/mol. The van der Waals surface area contributed by atoms with Crippen LogP contribution in [-0.2, 0) is 14.3 Å². The highest BCUT2D eigenvalue weighted by Gasteiger charge is 2.32. The number of methoxy groups -OCH3 is 4. The van der Waals surface area contributed by atoms with E-state index in [2.05, 4.69) is 21.2 Å². The average Bonchev–Trinajstić information content (AvgIpc) is 2.94. The van der Waals surface area contributed by atoms with Crippen molar-refractivity contribution in [3.63, 3.8) is 0 Å². The number of nitrogens with zero attached hydrogens (tertiary/aromatic N) is 2. The van der Waals surface area contributed by atoms with Crippen LogP contribution in [0.4, 0.5) is 10.5 Å². The Labute approximate surface area is 228 Å². The van der Waals surface area contributed by atoms with E-state index in [0.717, 1.165) is 6.21 Å². The van der Waals surface area contributed by atoms with E-state index in [1.165, 1.54) is 46.6 Å². The number of carbonyl (C=O) groups excluding carboxylic acids is 3. The second-order valence-corrected chi connectivity index (χ2v) is 8.08. The van der Waals surface area contributed by atoms with Crippen molar-refractivity contribution < 1.29 is 43.0 Å². The first-order valence-corrected chi connectivity index (χ1v) is 11.5. The van der Waals surface area contributed by atoms with Gasteiger partial charge in [0.05, 0.1) is 62.8 Å². The van der Waals surface area contributed by atoms with E-state index < -0.39 is 35.5 Å². The Bertz CT molecular complexity index is 1390. The number of urea groups is 1. The summed E-state index contributed by atoms with van der Waals surface area (Å²) in [4.78, 5) is 47.5. The lowest BCUT2D eigenvalue weighted by Gasteiger charge is -2.28. The van der Waals surface area contributed by atoms with Gasteiger partial charge < -0.3 is 34.3 Å². The topological polar surface area (TPSA) is 189 Å². The lowest BCUT2D eigenvalue weighted by molar-refractivity contribution is -0.385. The molecule has 3 N–H and O–H groups in total. The number of carbonyl (C=O) groups is 3. The van der Waals surface area contributed by atoms with Gasteiger partial charge in [-0.25, -0.2) is 15.0 Å². The van der Waals surface area contributed by atoms with Crippen LogP contribution in [0.5, 0.6) is 23.0 Å². The first-order valence-electron chi connectivity index (χ1n) is 11.5. The molecular weight excluding hydrogens is 530 g/mol. The van der Waals surface area contributed by atoms with Gasteiger partial charge >= 0.3 is 12.0 Å². The third kappa shape index (κ3) is 6.56. The summed E-state index contributed by atoms with van der Waals surface area (Å²) in [5.74, 6) is -0.453. The van der Waals surface area contributed by atoms with Crippen molar-refractivity contribution >= 4 is 29.8 Å². The third-order valence-corrected chi connectivity index (χ3v) is 5.68. The van der Waals surface area contributed by atoms with E-state index in [0.29, 0.717) is 11.3 Å². The van der Waals surface area contributed by atoms with Gasteiger partial charge in [0.1, 0.15) is 0 Å². The number of hydrogen-bond acceptors (Lipinski definition) is 11. The molecule has 15 heteroatoms. The van der Waals surface area contributed by atoms with Crippen LogP contribution in [0.1, 0.15) is 24.1 Å². The number of amides is 3. The summed E-state index contributed by atoms with van der Waals surface area (Å²) in [7, 11) is 5.34. The van der Waals surface area contributed by atoms with Gasteiger partial charge in [-0.2, -0.15) is 5.10 Å². The van der Waals surface area contributed by atoms with Crippen LogP contribution in [0.15, 0.2) is 46.7 Å². The Kier molecular flexibility index (Phi) is 9.46. The van der Waals surface area contributed by atoms with Crippen LogP contribution in [0.2, 0.25) is 0 Å². The van der Waals surface area contributed by atoms with Gasteiger partial charge in [-0.1, -0.05) is 6.07 Å². The average molecular weight is 558 g/mol. The van der Waals surface area contributed by atoms with Gasteiger partial charge in [-0.3, -0.25) is 14.9 Å². The molecule has 15 nitrogen and oxygen atoms in total. The lowest BCUT2D eigenvalue weighted by atomic mass is 9.95. The number of esters is 1. The van der Waals surface area contributed by atoms with Crippen LogP contribution >= 0.6 is 0 Å². The minimum atomic E-state index is -0.817. The van der Waals surface area contributed by atoms with E-state index in [1.54, 1.807) is 19.1 Å². The highest BCUT2D eigenvalue weighted by Crippen LogP contribution is 2.35. The Hall–Kier alpha value is -5.34. The van der Waals surface area contributed by atoms with Crippen molar-refractivity contribution in [3.8, 4) is 23.0 Å². The molecule has 1 heterocycles. The molecule has 3 rings (SSSR count). The van der Waals surface area contributed by atoms with Crippen molar-refractivity contribution in [3.05, 3.63) is 62.8 Å². The summed E-state index contributed by atoms with van der Waals surface area (Å²) in [5.41, 5.74) is 3.05. The molecule has 0 aliphatic carbocycles. The largest absolute Gasteiger partial charge is 0.493 e. The second-order valence-electron chi connectivity index (χ2n) is 8.08. The van der Waals surface area contributed by atoms with E-state index >= 15 is 0 Å². The fourth-order valence-corrected chi connectivity index (χ4v) is 3.80. The smallest absolute Gasteiger partial charge is 0.337 e. The number of hydrazone groups is 1. The van der Waals surface area contributed by atoms with E-state index in [9.17, 15) is 24.5 Å². The molecule has 1 atom stereocenters. The van der Waals surface area contributed by atoms with Crippen LogP contribution in [0, 0.1) is 10.1 Å². The predicted octanol–water partition coefficient (Wildman–Crippen LogP) is 1.95. The van der Waals surface area contributed by atoms with Crippen LogP contribution in [0.3, 0.4) is 0 Å². The minimum Gasteiger partial charge on any atom is -0.493 e. The zero-order valence-corrected chi connectivity index (χ0v) is 22.2. The summed E-state index contributed by atoms with van der Waals surface area (Å²) < 4.78 is 26.0. The maximum atomic E-state index is 12.3. The molecule has 0 saturated carbocycles. The number of allylic oxidation sites excluding steroid dienone is 1. The van der Waals surface area contributed by atoms with Gasteiger partial charge in [0, 0.05) is 5.70 Å². The molecule has 0 saturated heterocycles. The van der Waals surface area contributed by atoms with Crippen molar-refractivity contribution in [2.75, 3.05) is 35.0 Å². The Morgan fingerprint density at radius 3 is 2.33 bits per heavy atom. The molecular formula is C25H27N5O10. The molecule has 0 fully saturated rings. The fraction of sp³-hybridized carbons (Fsp3) is 0.280. The number of benzene rings is 2. The molecule has 0 radical (unpaired) electrons. The molecule has 0 bridgehead atoms. The lowest BCUT2D eigenvalue weighted by Crippen LogP contribution is -2.45.